The van der Waals surface area contributed by atoms with Crippen LogP contribution in [0.1, 0.15) is 37.4 Å². The highest BCUT2D eigenvalue weighted by Gasteiger charge is 2.68. The van der Waals surface area contributed by atoms with Gasteiger partial charge in [0.1, 0.15) is 11.3 Å². The van der Waals surface area contributed by atoms with Gasteiger partial charge in [-0.15, -0.1) is 0 Å². The summed E-state index contributed by atoms with van der Waals surface area (Å²) in [6.45, 7) is 3.87. The molecule has 2 aliphatic rings. The van der Waals surface area contributed by atoms with E-state index in [1.807, 2.05) is 44.2 Å². The summed E-state index contributed by atoms with van der Waals surface area (Å²) in [5.74, 6) is -4.06. The second-order valence-electron chi connectivity index (χ2n) is 8.81. The number of hydrogen-bond donors (Lipinski definition) is 3. The lowest BCUT2D eigenvalue weighted by molar-refractivity contribution is -0.152. The summed E-state index contributed by atoms with van der Waals surface area (Å²) >= 11 is 0. The molecule has 2 aromatic rings. The molecule has 162 valence electrons. The summed E-state index contributed by atoms with van der Waals surface area (Å²) < 4.78 is 0. The minimum Gasteiger partial charge on any atom is -0.508 e. The van der Waals surface area contributed by atoms with Gasteiger partial charge in [0.2, 0.25) is 11.8 Å². The number of carboxylic acid groups (broad SMARTS) is 1. The van der Waals surface area contributed by atoms with E-state index in [9.17, 15) is 24.6 Å². The molecule has 4 atom stereocenters. The number of nitrogens with one attached hydrogen (secondary N) is 1. The van der Waals surface area contributed by atoms with Crippen LogP contribution in [0.15, 0.2) is 54.6 Å². The number of imide groups is 1. The normalized spacial score (nSPS) is 27.7. The van der Waals surface area contributed by atoms with Gasteiger partial charge in [-0.3, -0.25) is 24.6 Å². The van der Waals surface area contributed by atoms with E-state index < -0.39 is 41.2 Å². The zero-order valence-electron chi connectivity index (χ0n) is 17.5. The predicted octanol–water partition coefficient (Wildman–Crippen LogP) is 2.71. The van der Waals surface area contributed by atoms with E-state index in [4.69, 9.17) is 0 Å². The highest BCUT2D eigenvalue weighted by atomic mass is 16.4. The number of benzene rings is 2. The maximum atomic E-state index is 13.5. The molecule has 0 aliphatic carbocycles. The van der Waals surface area contributed by atoms with E-state index in [-0.39, 0.29) is 24.6 Å². The summed E-state index contributed by atoms with van der Waals surface area (Å²) in [6, 6.07) is 14.9. The molecule has 2 aromatic carbocycles. The average molecular weight is 422 g/mol. The summed E-state index contributed by atoms with van der Waals surface area (Å²) in [5.41, 5.74) is -0.377. The van der Waals surface area contributed by atoms with E-state index in [1.54, 1.807) is 18.2 Å². The predicted molar refractivity (Wildman–Crippen MR) is 113 cm³/mol. The van der Waals surface area contributed by atoms with Crippen LogP contribution in [0.2, 0.25) is 0 Å². The number of aliphatic carboxylic acids is 1. The molecule has 7 heteroatoms. The smallest absolute Gasteiger partial charge is 0.324 e. The van der Waals surface area contributed by atoms with E-state index in [0.29, 0.717) is 5.56 Å². The van der Waals surface area contributed by atoms with Crippen molar-refractivity contribution < 1.29 is 24.6 Å². The molecule has 0 aromatic heterocycles. The third kappa shape index (κ3) is 3.39. The van der Waals surface area contributed by atoms with Crippen LogP contribution in [-0.4, -0.2) is 38.4 Å². The van der Waals surface area contributed by atoms with Crippen LogP contribution in [0.4, 0.5) is 0 Å². The van der Waals surface area contributed by atoms with Gasteiger partial charge in [-0.1, -0.05) is 62.4 Å². The lowest BCUT2D eigenvalue weighted by atomic mass is 9.75. The molecule has 31 heavy (non-hydrogen) atoms. The molecule has 2 heterocycles. The minimum absolute atomic E-state index is 0.0292. The molecule has 2 saturated heterocycles. The van der Waals surface area contributed by atoms with Crippen LogP contribution >= 0.6 is 0 Å². The molecular weight excluding hydrogens is 396 g/mol. The molecular formula is C24H26N2O5. The van der Waals surface area contributed by atoms with Gasteiger partial charge in [0.05, 0.1) is 18.4 Å². The Bertz CT molecular complexity index is 1020. The summed E-state index contributed by atoms with van der Waals surface area (Å²) in [4.78, 5) is 40.7. The second kappa shape index (κ2) is 7.81. The van der Waals surface area contributed by atoms with Crippen molar-refractivity contribution in [3.8, 4) is 5.75 Å². The molecule has 0 radical (unpaired) electrons. The fourth-order valence-electron chi connectivity index (χ4n) is 5.12. The van der Waals surface area contributed by atoms with Crippen molar-refractivity contribution in [3.63, 3.8) is 0 Å². The Hall–Kier alpha value is -3.19. The van der Waals surface area contributed by atoms with Gasteiger partial charge < -0.3 is 10.2 Å². The number of carbonyl (C=O) groups is 3. The number of hydrogen-bond acceptors (Lipinski definition) is 5. The molecule has 2 fully saturated rings. The zero-order chi connectivity index (χ0) is 22.3. The monoisotopic (exact) mass is 422 g/mol. The fraction of sp³-hybridized carbons (Fsp3) is 0.375. The first-order valence-electron chi connectivity index (χ1n) is 10.4. The molecule has 0 bridgehead atoms. The van der Waals surface area contributed by atoms with E-state index in [1.165, 1.54) is 11.0 Å². The number of fused-ring (bicyclic) bond motifs is 1. The van der Waals surface area contributed by atoms with Crippen LogP contribution in [0, 0.1) is 17.8 Å². The number of amides is 2. The highest BCUT2D eigenvalue weighted by Crippen LogP contribution is 2.52. The number of carboxylic acids is 1. The van der Waals surface area contributed by atoms with Gasteiger partial charge in [-0.25, -0.2) is 0 Å². The van der Waals surface area contributed by atoms with Crippen LogP contribution in [0.3, 0.4) is 0 Å². The maximum absolute atomic E-state index is 13.5. The van der Waals surface area contributed by atoms with Crippen molar-refractivity contribution in [2.45, 2.75) is 38.4 Å². The fourth-order valence-corrected chi connectivity index (χ4v) is 5.12. The van der Waals surface area contributed by atoms with E-state index in [0.717, 1.165) is 5.56 Å². The molecule has 0 unspecified atom stereocenters. The number of phenols is 1. The molecule has 3 N–H and O–H groups in total. The quantitative estimate of drug-likeness (QED) is 0.618. The average Bonchev–Trinajstić information content (AvgIpc) is 3.19. The largest absolute Gasteiger partial charge is 0.508 e. The third-order valence-corrected chi connectivity index (χ3v) is 6.31. The van der Waals surface area contributed by atoms with Crippen LogP contribution in [0.5, 0.6) is 5.75 Å². The maximum Gasteiger partial charge on any atom is 0.324 e. The van der Waals surface area contributed by atoms with Crippen molar-refractivity contribution in [2.75, 3.05) is 0 Å². The van der Waals surface area contributed by atoms with E-state index >= 15 is 0 Å². The lowest BCUT2D eigenvalue weighted by Gasteiger charge is -2.32. The Balaban J connectivity index is 1.81. The van der Waals surface area contributed by atoms with Crippen LogP contribution in [-0.2, 0) is 20.9 Å². The molecule has 4 rings (SSSR count). The number of likely N-dealkylation sites (tertiary alicyclic amines) is 1. The Labute approximate surface area is 180 Å². The van der Waals surface area contributed by atoms with E-state index in [2.05, 4.69) is 5.32 Å². The van der Waals surface area contributed by atoms with Crippen molar-refractivity contribution in [2.24, 2.45) is 17.8 Å². The summed E-state index contributed by atoms with van der Waals surface area (Å²) in [6.07, 6.45) is 0.186. The molecule has 0 saturated carbocycles. The van der Waals surface area contributed by atoms with Crippen molar-refractivity contribution in [1.82, 2.24) is 10.2 Å². The molecule has 0 spiro atoms. The van der Waals surface area contributed by atoms with Crippen LogP contribution in [0.25, 0.3) is 0 Å². The summed E-state index contributed by atoms with van der Waals surface area (Å²) in [5, 5.41) is 23.8. The third-order valence-electron chi connectivity index (χ3n) is 6.31. The second-order valence-corrected chi connectivity index (χ2v) is 8.81. The van der Waals surface area contributed by atoms with Crippen molar-refractivity contribution in [3.05, 3.63) is 65.7 Å². The van der Waals surface area contributed by atoms with Gasteiger partial charge in [-0.05, 0) is 24.0 Å². The summed E-state index contributed by atoms with van der Waals surface area (Å²) in [7, 11) is 0. The number of phenolic OH excluding ortho intramolecular Hbond substituents is 1. The number of rotatable bonds is 6. The first-order valence-corrected chi connectivity index (χ1v) is 10.4. The molecule has 2 amide bonds. The SMILES string of the molecule is CC(C)C[C@]1(C(=O)O)N[C@H](c2ccccc2O)[C@@H]2C(=O)N(Cc3ccccc3)C(=O)[C@H]21. The van der Waals surface area contributed by atoms with Gasteiger partial charge in [0, 0.05) is 11.6 Å². The Morgan fingerprint density at radius 1 is 1.06 bits per heavy atom. The Morgan fingerprint density at radius 2 is 1.71 bits per heavy atom. The minimum atomic E-state index is -1.59. The molecule has 2 aliphatic heterocycles. The van der Waals surface area contributed by atoms with Crippen molar-refractivity contribution >= 4 is 17.8 Å². The lowest BCUT2D eigenvalue weighted by Crippen LogP contribution is -2.56. The number of nitrogens with zero attached hydrogens (tertiary/aromatic N) is 1. The van der Waals surface area contributed by atoms with Crippen molar-refractivity contribution in [1.29, 1.82) is 0 Å². The van der Waals surface area contributed by atoms with Crippen LogP contribution < -0.4 is 5.32 Å². The first-order chi connectivity index (χ1) is 14.8. The number of aromatic hydroxyl groups is 1. The first kappa shape index (κ1) is 21.1. The number of carbonyl (C=O) groups excluding carboxylic acids is 2. The van der Waals surface area contributed by atoms with Gasteiger partial charge >= 0.3 is 5.97 Å². The zero-order valence-corrected chi connectivity index (χ0v) is 17.5. The Kier molecular flexibility index (Phi) is 5.31. The topological polar surface area (TPSA) is 107 Å². The van der Waals surface area contributed by atoms with Gasteiger partial charge in [-0.2, -0.15) is 0 Å². The van der Waals surface area contributed by atoms with Gasteiger partial charge in [0.25, 0.3) is 0 Å². The Morgan fingerprint density at radius 3 is 2.32 bits per heavy atom. The molecule has 7 nitrogen and oxygen atoms in total. The standard InChI is InChI=1S/C24H26N2O5/c1-14(2)12-24(23(30)31)19-18(20(25-24)16-10-6-7-11-17(16)27)21(28)26(22(19)29)13-15-8-4-3-5-9-15/h3-11,14,18-20,25,27H,12-13H2,1-2H3,(H,30,31)/t18-,19+,20-,24+/m1/s1. The van der Waals surface area contributed by atoms with Gasteiger partial charge in [0.15, 0.2) is 0 Å². The highest BCUT2D eigenvalue weighted by molar-refractivity contribution is 6.09. The number of para-hydroxylation sites is 1.